The van der Waals surface area contributed by atoms with E-state index in [4.69, 9.17) is 5.73 Å². The average molecular weight is 892 g/mol. The van der Waals surface area contributed by atoms with Crippen LogP contribution >= 0.6 is 11.8 Å². The Morgan fingerprint density at radius 1 is 0.641 bits per heavy atom. The number of carbonyl (C=O) groups excluding carboxylic acids is 6. The quantitative estimate of drug-likeness (QED) is 0.0498. The zero-order valence-corrected chi connectivity index (χ0v) is 37.5. The van der Waals surface area contributed by atoms with Gasteiger partial charge in [-0.2, -0.15) is 11.8 Å². The summed E-state index contributed by atoms with van der Waals surface area (Å²) in [6, 6.07) is 18.6. The summed E-state index contributed by atoms with van der Waals surface area (Å²) in [5, 5.41) is 19.5. The number of H-pyrrole nitrogens is 2. The lowest BCUT2D eigenvalue weighted by Gasteiger charge is -2.28. The molecule has 3 aromatic carbocycles. The summed E-state index contributed by atoms with van der Waals surface area (Å²) >= 11 is 1.51. The van der Waals surface area contributed by atoms with Crippen molar-refractivity contribution in [2.75, 3.05) is 18.6 Å². The van der Waals surface area contributed by atoms with Crippen molar-refractivity contribution in [3.8, 4) is 0 Å². The fourth-order valence-corrected chi connectivity index (χ4v) is 8.65. The number of para-hydroxylation sites is 2. The van der Waals surface area contributed by atoms with Gasteiger partial charge in [0.25, 0.3) is 0 Å². The van der Waals surface area contributed by atoms with Gasteiger partial charge in [0.15, 0.2) is 0 Å². The van der Waals surface area contributed by atoms with E-state index in [9.17, 15) is 28.8 Å². The summed E-state index contributed by atoms with van der Waals surface area (Å²) in [7, 11) is 0. The Balaban J connectivity index is 1.29. The third kappa shape index (κ3) is 13.0. The van der Waals surface area contributed by atoms with Crippen LogP contribution in [0, 0.1) is 5.92 Å². The van der Waals surface area contributed by atoms with Crippen molar-refractivity contribution < 1.29 is 28.8 Å². The van der Waals surface area contributed by atoms with Gasteiger partial charge in [-0.3, -0.25) is 28.8 Å². The minimum Gasteiger partial charge on any atom is -0.368 e. The minimum atomic E-state index is -1.22. The number of primary amides is 1. The number of benzene rings is 3. The molecule has 16 heteroatoms. The van der Waals surface area contributed by atoms with Crippen LogP contribution in [-0.4, -0.2) is 100 Å². The van der Waals surface area contributed by atoms with E-state index < -0.39 is 65.8 Å². The second-order valence-electron chi connectivity index (χ2n) is 16.9. The number of rotatable bonds is 22. The van der Waals surface area contributed by atoms with Gasteiger partial charge in [-0.05, 0) is 79.0 Å². The number of amides is 6. The third-order valence-corrected chi connectivity index (χ3v) is 12.3. The van der Waals surface area contributed by atoms with Gasteiger partial charge in [0.05, 0.1) is 6.04 Å². The lowest BCUT2D eigenvalue weighted by atomic mass is 9.99. The number of piperidine rings is 1. The Hall–Kier alpha value is -6.13. The van der Waals surface area contributed by atoms with Crippen molar-refractivity contribution in [3.05, 3.63) is 108 Å². The van der Waals surface area contributed by atoms with E-state index in [0.717, 1.165) is 51.3 Å². The molecule has 0 radical (unpaired) electrons. The molecular formula is C48H61N9O6S. The van der Waals surface area contributed by atoms with Gasteiger partial charge in [-0.25, -0.2) is 0 Å². The van der Waals surface area contributed by atoms with Gasteiger partial charge >= 0.3 is 0 Å². The van der Waals surface area contributed by atoms with Crippen LogP contribution in [0.4, 0.5) is 0 Å². The van der Waals surface area contributed by atoms with Crippen molar-refractivity contribution in [2.24, 2.45) is 11.7 Å². The largest absolute Gasteiger partial charge is 0.368 e. The fraction of sp³-hybridized carbons (Fsp3) is 0.417. The zero-order valence-electron chi connectivity index (χ0n) is 36.7. The number of carbonyl (C=O) groups is 6. The summed E-state index contributed by atoms with van der Waals surface area (Å²) in [4.78, 5) is 90.1. The minimum absolute atomic E-state index is 0.0343. The van der Waals surface area contributed by atoms with Crippen LogP contribution in [0.15, 0.2) is 91.3 Å². The number of fused-ring (bicyclic) bond motifs is 2. The lowest BCUT2D eigenvalue weighted by molar-refractivity contribution is -0.135. The number of nitrogens with one attached hydrogen (secondary N) is 8. The molecule has 1 saturated heterocycles. The first-order valence-corrected chi connectivity index (χ1v) is 23.5. The average Bonchev–Trinajstić information content (AvgIpc) is 3.90. The highest BCUT2D eigenvalue weighted by molar-refractivity contribution is 7.98. The first-order valence-electron chi connectivity index (χ1n) is 22.1. The van der Waals surface area contributed by atoms with Gasteiger partial charge in [0.1, 0.15) is 30.2 Å². The molecule has 1 fully saturated rings. The van der Waals surface area contributed by atoms with Crippen LogP contribution in [0.1, 0.15) is 62.6 Å². The summed E-state index contributed by atoms with van der Waals surface area (Å²) in [5.41, 5.74) is 9.68. The van der Waals surface area contributed by atoms with E-state index in [-0.39, 0.29) is 37.5 Å². The topological polar surface area (TPSA) is 232 Å². The Morgan fingerprint density at radius 2 is 1.14 bits per heavy atom. The smallest absolute Gasteiger partial charge is 0.243 e. The molecule has 340 valence electrons. The maximum absolute atomic E-state index is 14.7. The number of nitrogens with two attached hydrogens (primary N) is 1. The molecule has 10 N–H and O–H groups in total. The SMILES string of the molecule is CSCC[C@H](NC(=O)[C@H](CC(C)C)NC(=O)[C@@H](Cc1c[nH]c2ccccc12)NC(=O)[C@H](Cc1ccccc1)NC(=O)[C@@H](Cc1c[nH]c2ccccc12)NC(=O)[C@@H]1CCCCN1)C(N)=O. The first-order chi connectivity index (χ1) is 30.9. The molecule has 6 rings (SSSR count). The van der Waals surface area contributed by atoms with Crippen LogP contribution in [0.5, 0.6) is 0 Å². The fourth-order valence-electron chi connectivity index (χ4n) is 8.18. The van der Waals surface area contributed by atoms with E-state index in [1.807, 2.05) is 105 Å². The standard InChI is InChI=1S/C48H61N9O6S/c1-29(2)23-39(45(60)53-37(43(49)58)20-22-64-3)54-47(62)42(26-32-28-52-36-18-10-8-16-34(32)36)57-46(61)40(24-30-13-5-4-6-14-30)55-48(63)41(56-44(59)38-19-11-12-21-50-38)25-31-27-51-35-17-9-7-15-33(31)35/h4-10,13-18,27-29,37-42,50-52H,11-12,19-26H2,1-3H3,(H2,49,58)(H,53,60)(H,54,62)(H,55,63)(H,56,59)(H,57,61)/t37-,38-,39-,40-,41+,42+/m0/s1. The molecule has 1 aliphatic heterocycles. The molecule has 2 aromatic heterocycles. The predicted molar refractivity (Wildman–Crippen MR) is 251 cm³/mol. The molecule has 5 aromatic rings. The number of thioether (sulfide) groups is 1. The van der Waals surface area contributed by atoms with Crippen molar-refractivity contribution in [3.63, 3.8) is 0 Å². The van der Waals surface area contributed by atoms with E-state index in [0.29, 0.717) is 25.1 Å². The molecule has 0 aliphatic carbocycles. The highest BCUT2D eigenvalue weighted by atomic mass is 32.2. The van der Waals surface area contributed by atoms with Crippen LogP contribution < -0.4 is 37.6 Å². The Morgan fingerprint density at radius 3 is 1.67 bits per heavy atom. The zero-order chi connectivity index (χ0) is 45.6. The highest BCUT2D eigenvalue weighted by Crippen LogP contribution is 2.22. The molecule has 1 aliphatic rings. The van der Waals surface area contributed by atoms with Crippen LogP contribution in [0.25, 0.3) is 21.8 Å². The van der Waals surface area contributed by atoms with E-state index in [2.05, 4.69) is 41.9 Å². The molecule has 15 nitrogen and oxygen atoms in total. The van der Waals surface area contributed by atoms with Crippen LogP contribution in [0.2, 0.25) is 0 Å². The summed E-state index contributed by atoms with van der Waals surface area (Å²) in [6.07, 6.45) is 8.78. The van der Waals surface area contributed by atoms with Crippen molar-refractivity contribution >= 4 is 69.0 Å². The summed E-state index contributed by atoms with van der Waals surface area (Å²) in [5.74, 6) is -2.83. The van der Waals surface area contributed by atoms with Crippen molar-refractivity contribution in [1.82, 2.24) is 41.9 Å². The van der Waals surface area contributed by atoms with Gasteiger partial charge in [-0.1, -0.05) is 87.0 Å². The Labute approximate surface area is 378 Å². The molecule has 0 saturated carbocycles. The molecule has 6 amide bonds. The lowest BCUT2D eigenvalue weighted by Crippen LogP contribution is -2.60. The number of hydrogen-bond donors (Lipinski definition) is 9. The molecule has 3 heterocycles. The molecular weight excluding hydrogens is 831 g/mol. The van der Waals surface area contributed by atoms with Gasteiger partial charge < -0.3 is 47.6 Å². The van der Waals surface area contributed by atoms with Gasteiger partial charge in [0.2, 0.25) is 35.4 Å². The molecule has 0 unspecified atom stereocenters. The van der Waals surface area contributed by atoms with E-state index in [1.54, 1.807) is 6.20 Å². The number of aromatic amines is 2. The molecule has 6 atom stereocenters. The van der Waals surface area contributed by atoms with E-state index in [1.165, 1.54) is 11.8 Å². The van der Waals surface area contributed by atoms with Crippen molar-refractivity contribution in [1.29, 1.82) is 0 Å². The third-order valence-electron chi connectivity index (χ3n) is 11.6. The molecule has 64 heavy (non-hydrogen) atoms. The van der Waals surface area contributed by atoms with Crippen LogP contribution in [-0.2, 0) is 48.0 Å². The molecule has 0 bridgehead atoms. The van der Waals surface area contributed by atoms with Crippen LogP contribution in [0.3, 0.4) is 0 Å². The highest BCUT2D eigenvalue weighted by Gasteiger charge is 2.34. The second kappa shape index (κ2) is 23.0. The second-order valence-corrected chi connectivity index (χ2v) is 17.9. The number of aromatic nitrogens is 2. The van der Waals surface area contributed by atoms with Gasteiger partial charge in [0, 0.05) is 53.5 Å². The Bertz CT molecular complexity index is 2380. The summed E-state index contributed by atoms with van der Waals surface area (Å²) in [6.45, 7) is 4.51. The predicted octanol–water partition coefficient (Wildman–Crippen LogP) is 3.53. The maximum atomic E-state index is 14.7. The van der Waals surface area contributed by atoms with Crippen molar-refractivity contribution in [2.45, 2.75) is 101 Å². The molecule has 0 spiro atoms. The monoisotopic (exact) mass is 891 g/mol. The van der Waals surface area contributed by atoms with Gasteiger partial charge in [-0.15, -0.1) is 0 Å². The number of hydrogen-bond acceptors (Lipinski definition) is 8. The normalized spacial score (nSPS) is 16.3. The maximum Gasteiger partial charge on any atom is 0.243 e. The Kier molecular flexibility index (Phi) is 17.0. The summed E-state index contributed by atoms with van der Waals surface area (Å²) < 4.78 is 0. The van der Waals surface area contributed by atoms with E-state index >= 15 is 0 Å². The first kappa shape index (κ1) is 47.4.